The molecule has 1 aromatic rings. The van der Waals surface area contributed by atoms with Crippen molar-refractivity contribution in [3.63, 3.8) is 0 Å². The normalized spacial score (nSPS) is 23.1. The van der Waals surface area contributed by atoms with Crippen molar-refractivity contribution >= 4 is 17.4 Å². The first kappa shape index (κ1) is 15.5. The lowest BCUT2D eigenvalue weighted by molar-refractivity contribution is -0.0106. The Hall–Kier alpha value is -0.910. The Morgan fingerprint density at radius 2 is 2.20 bits per heavy atom. The van der Waals surface area contributed by atoms with Gasteiger partial charge in [0.05, 0.1) is 25.4 Å². The van der Waals surface area contributed by atoms with Crippen LogP contribution in [0, 0.1) is 6.92 Å². The molecule has 1 fully saturated rings. The van der Waals surface area contributed by atoms with Crippen LogP contribution in [-0.4, -0.2) is 47.0 Å². The number of rotatable bonds is 4. The van der Waals surface area contributed by atoms with Gasteiger partial charge in [0.2, 0.25) is 0 Å². The summed E-state index contributed by atoms with van der Waals surface area (Å²) in [6, 6.07) is 0.206. The van der Waals surface area contributed by atoms with Crippen LogP contribution < -0.4 is 4.90 Å². The molecule has 1 saturated heterocycles. The molecule has 0 saturated carbocycles. The average molecular weight is 300 g/mol. The Labute approximate surface area is 124 Å². The minimum atomic E-state index is -0.172. The lowest BCUT2D eigenvalue weighted by atomic mass is 10.1. The first-order valence-corrected chi connectivity index (χ1v) is 7.46. The summed E-state index contributed by atoms with van der Waals surface area (Å²) in [5.41, 5.74) is 0.886. The lowest BCUT2D eigenvalue weighted by Crippen LogP contribution is -2.50. The predicted molar refractivity (Wildman–Crippen MR) is 79.4 cm³/mol. The Kier molecular flexibility index (Phi) is 5.18. The highest BCUT2D eigenvalue weighted by Crippen LogP contribution is 2.27. The number of aliphatic hydroxyl groups excluding tert-OH is 1. The van der Waals surface area contributed by atoms with Crippen LogP contribution in [0.3, 0.4) is 0 Å². The number of morpholine rings is 1. The van der Waals surface area contributed by atoms with E-state index in [0.29, 0.717) is 18.3 Å². The largest absolute Gasteiger partial charge is 0.394 e. The van der Waals surface area contributed by atoms with Crippen molar-refractivity contribution < 1.29 is 9.84 Å². The fraction of sp³-hybridized carbons (Fsp3) is 0.714. The summed E-state index contributed by atoms with van der Waals surface area (Å²) in [6.45, 7) is 7.33. The molecule has 6 heteroatoms. The van der Waals surface area contributed by atoms with Crippen molar-refractivity contribution in [2.45, 2.75) is 45.8 Å². The lowest BCUT2D eigenvalue weighted by Gasteiger charge is -2.39. The third-order valence-electron chi connectivity index (χ3n) is 3.56. The second-order valence-corrected chi connectivity index (χ2v) is 5.63. The van der Waals surface area contributed by atoms with Gasteiger partial charge >= 0.3 is 0 Å². The Balaban J connectivity index is 2.34. The van der Waals surface area contributed by atoms with Gasteiger partial charge in [-0.2, -0.15) is 0 Å². The van der Waals surface area contributed by atoms with Crippen molar-refractivity contribution in [2.75, 3.05) is 24.7 Å². The van der Waals surface area contributed by atoms with Crippen LogP contribution in [0.1, 0.15) is 31.7 Å². The van der Waals surface area contributed by atoms with E-state index in [9.17, 15) is 5.11 Å². The van der Waals surface area contributed by atoms with Gasteiger partial charge in [0, 0.05) is 18.5 Å². The van der Waals surface area contributed by atoms with E-state index in [2.05, 4.69) is 28.7 Å². The van der Waals surface area contributed by atoms with Gasteiger partial charge in [-0.1, -0.05) is 18.5 Å². The highest BCUT2D eigenvalue weighted by atomic mass is 35.5. The van der Waals surface area contributed by atoms with Gasteiger partial charge in [0.15, 0.2) is 0 Å². The van der Waals surface area contributed by atoms with Gasteiger partial charge < -0.3 is 14.7 Å². The molecule has 0 aromatic carbocycles. The van der Waals surface area contributed by atoms with Crippen LogP contribution >= 0.6 is 11.6 Å². The number of halogens is 1. The standard InChI is InChI=1S/C14H22ClN3O2/c1-4-5-12-16-13(15)10(3)14(17-12)18-6-11(7-19)20-8-9(18)2/h9,11,19H,4-8H2,1-3H3. The van der Waals surface area contributed by atoms with Crippen molar-refractivity contribution in [1.29, 1.82) is 0 Å². The van der Waals surface area contributed by atoms with Crippen LogP contribution in [0.5, 0.6) is 0 Å². The van der Waals surface area contributed by atoms with Gasteiger partial charge in [-0.05, 0) is 20.3 Å². The molecule has 1 aliphatic heterocycles. The van der Waals surface area contributed by atoms with E-state index in [1.54, 1.807) is 0 Å². The molecular weight excluding hydrogens is 278 g/mol. The number of aliphatic hydroxyl groups is 1. The van der Waals surface area contributed by atoms with E-state index in [4.69, 9.17) is 16.3 Å². The van der Waals surface area contributed by atoms with Crippen LogP contribution in [0.4, 0.5) is 5.82 Å². The summed E-state index contributed by atoms with van der Waals surface area (Å²) in [6.07, 6.45) is 1.63. The van der Waals surface area contributed by atoms with Gasteiger partial charge in [0.25, 0.3) is 0 Å². The number of hydrogen-bond acceptors (Lipinski definition) is 5. The summed E-state index contributed by atoms with van der Waals surface area (Å²) in [5, 5.41) is 9.81. The highest BCUT2D eigenvalue weighted by molar-refractivity contribution is 6.30. The Morgan fingerprint density at radius 1 is 1.45 bits per heavy atom. The summed E-state index contributed by atoms with van der Waals surface area (Å²) >= 11 is 6.23. The molecule has 2 unspecified atom stereocenters. The smallest absolute Gasteiger partial charge is 0.137 e. The quantitative estimate of drug-likeness (QED) is 0.862. The Bertz CT molecular complexity index is 470. The summed E-state index contributed by atoms with van der Waals surface area (Å²) in [5.74, 6) is 1.64. The molecule has 20 heavy (non-hydrogen) atoms. The minimum absolute atomic E-state index is 0.0168. The summed E-state index contributed by atoms with van der Waals surface area (Å²) in [7, 11) is 0. The molecule has 2 heterocycles. The van der Waals surface area contributed by atoms with E-state index < -0.39 is 0 Å². The topological polar surface area (TPSA) is 58.5 Å². The maximum atomic E-state index is 9.29. The molecule has 5 nitrogen and oxygen atoms in total. The highest BCUT2D eigenvalue weighted by Gasteiger charge is 2.28. The fourth-order valence-corrected chi connectivity index (χ4v) is 2.54. The van der Waals surface area contributed by atoms with Gasteiger partial charge in [-0.15, -0.1) is 0 Å². The third kappa shape index (κ3) is 3.22. The molecule has 1 N–H and O–H groups in total. The van der Waals surface area contributed by atoms with Crippen molar-refractivity contribution in [1.82, 2.24) is 9.97 Å². The molecule has 0 radical (unpaired) electrons. The molecule has 1 aliphatic rings. The summed E-state index contributed by atoms with van der Waals surface area (Å²) < 4.78 is 5.57. The number of aromatic nitrogens is 2. The molecule has 2 atom stereocenters. The first-order chi connectivity index (χ1) is 9.56. The van der Waals surface area contributed by atoms with E-state index in [1.807, 2.05) is 6.92 Å². The molecule has 2 rings (SSSR count). The van der Waals surface area contributed by atoms with Gasteiger partial charge in [0.1, 0.15) is 16.8 Å². The zero-order valence-electron chi connectivity index (χ0n) is 12.3. The average Bonchev–Trinajstić information content (AvgIpc) is 2.44. The number of nitrogens with zero attached hydrogens (tertiary/aromatic N) is 3. The molecule has 112 valence electrons. The molecule has 0 bridgehead atoms. The zero-order valence-corrected chi connectivity index (χ0v) is 13.0. The number of hydrogen-bond donors (Lipinski definition) is 1. The maximum Gasteiger partial charge on any atom is 0.137 e. The maximum absolute atomic E-state index is 9.29. The molecule has 0 amide bonds. The molecule has 0 aliphatic carbocycles. The summed E-state index contributed by atoms with van der Waals surface area (Å²) in [4.78, 5) is 11.1. The predicted octanol–water partition coefficient (Wildman–Crippen LogP) is 1.98. The fourth-order valence-electron chi connectivity index (χ4n) is 2.36. The second-order valence-electron chi connectivity index (χ2n) is 5.27. The monoisotopic (exact) mass is 299 g/mol. The Morgan fingerprint density at radius 3 is 2.85 bits per heavy atom. The van der Waals surface area contributed by atoms with Crippen LogP contribution in [-0.2, 0) is 11.2 Å². The van der Waals surface area contributed by atoms with Gasteiger partial charge in [-0.25, -0.2) is 9.97 Å². The first-order valence-electron chi connectivity index (χ1n) is 7.08. The van der Waals surface area contributed by atoms with E-state index in [0.717, 1.165) is 30.0 Å². The molecular formula is C14H22ClN3O2. The second kappa shape index (κ2) is 6.70. The van der Waals surface area contributed by atoms with Crippen molar-refractivity contribution in [3.8, 4) is 0 Å². The number of aryl methyl sites for hydroxylation is 1. The molecule has 1 aromatic heterocycles. The van der Waals surface area contributed by atoms with Crippen LogP contribution in [0.25, 0.3) is 0 Å². The SMILES string of the molecule is CCCc1nc(Cl)c(C)c(N2CC(CO)OCC2C)n1. The van der Waals surface area contributed by atoms with Crippen LogP contribution in [0.2, 0.25) is 5.15 Å². The van der Waals surface area contributed by atoms with Gasteiger partial charge in [-0.3, -0.25) is 0 Å². The minimum Gasteiger partial charge on any atom is -0.394 e. The molecule has 0 spiro atoms. The van der Waals surface area contributed by atoms with E-state index >= 15 is 0 Å². The number of ether oxygens (including phenoxy) is 1. The zero-order chi connectivity index (χ0) is 14.7. The van der Waals surface area contributed by atoms with E-state index in [1.165, 1.54) is 0 Å². The van der Waals surface area contributed by atoms with Crippen molar-refractivity contribution in [3.05, 3.63) is 16.5 Å². The van der Waals surface area contributed by atoms with E-state index in [-0.39, 0.29) is 18.8 Å². The number of anilines is 1. The van der Waals surface area contributed by atoms with Crippen LogP contribution in [0.15, 0.2) is 0 Å². The van der Waals surface area contributed by atoms with Crippen molar-refractivity contribution in [2.24, 2.45) is 0 Å². The third-order valence-corrected chi connectivity index (χ3v) is 3.93.